The van der Waals surface area contributed by atoms with Crippen molar-refractivity contribution in [3.8, 4) is 5.75 Å². The number of nitrogens with zero attached hydrogens (tertiary/aromatic N) is 2. The molecule has 0 aliphatic rings. The Hall–Kier alpha value is -2.59. The number of ether oxygens (including phenoxy) is 1. The van der Waals surface area contributed by atoms with E-state index in [1.54, 1.807) is 49.6 Å². The van der Waals surface area contributed by atoms with Crippen LogP contribution in [0.2, 0.25) is 0 Å². The zero-order chi connectivity index (χ0) is 26.2. The fourth-order valence-electron chi connectivity index (χ4n) is 3.56. The third kappa shape index (κ3) is 8.24. The van der Waals surface area contributed by atoms with E-state index in [0.29, 0.717) is 28.9 Å². The molecule has 1 atom stereocenters. The molecular weight excluding hydrogens is 534 g/mol. The number of methoxy groups -OCH3 is 1. The summed E-state index contributed by atoms with van der Waals surface area (Å²) in [6.45, 7) is 5.96. The van der Waals surface area contributed by atoms with Crippen LogP contribution in [0.25, 0.3) is 0 Å². The van der Waals surface area contributed by atoms with Gasteiger partial charge in [-0.15, -0.1) is 0 Å². The monoisotopic (exact) mass is 567 g/mol. The molecule has 0 unspecified atom stereocenters. The Bertz CT molecular complexity index is 1120. The highest BCUT2D eigenvalue weighted by Crippen LogP contribution is 2.28. The molecule has 10 heteroatoms. The largest absolute Gasteiger partial charge is 0.497 e. The van der Waals surface area contributed by atoms with Crippen molar-refractivity contribution in [1.82, 2.24) is 10.2 Å². The molecule has 2 rings (SSSR count). The standard InChI is InChI=1S/C25H34BrN3O5S/c1-6-22(25(31)27-15-18(2)3)28(16-19-10-9-11-20(14-19)34-4)24(30)17-29(35(5,32)33)23-13-8-7-12-21(23)26/h7-14,18,22H,6,15-17H2,1-5H3,(H,27,31)/t22-/m1/s1. The smallest absolute Gasteiger partial charge is 0.244 e. The van der Waals surface area contributed by atoms with Gasteiger partial charge in [0.15, 0.2) is 0 Å². The molecule has 8 nitrogen and oxygen atoms in total. The fraction of sp³-hybridized carbons (Fsp3) is 0.440. The average Bonchev–Trinajstić information content (AvgIpc) is 2.80. The molecule has 2 aromatic carbocycles. The van der Waals surface area contributed by atoms with Crippen molar-refractivity contribution in [1.29, 1.82) is 0 Å². The van der Waals surface area contributed by atoms with Gasteiger partial charge in [-0.25, -0.2) is 8.42 Å². The minimum absolute atomic E-state index is 0.122. The molecule has 0 bridgehead atoms. The summed E-state index contributed by atoms with van der Waals surface area (Å²) >= 11 is 3.38. The van der Waals surface area contributed by atoms with Gasteiger partial charge >= 0.3 is 0 Å². The molecule has 0 aliphatic carbocycles. The van der Waals surface area contributed by atoms with E-state index in [1.807, 2.05) is 26.8 Å². The molecule has 0 heterocycles. The molecule has 2 aromatic rings. The summed E-state index contributed by atoms with van der Waals surface area (Å²) in [5.74, 6) is 0.109. The first-order valence-electron chi connectivity index (χ1n) is 11.4. The second kappa shape index (κ2) is 12.9. The molecule has 0 fully saturated rings. The molecule has 192 valence electrons. The Morgan fingerprint density at radius 2 is 1.80 bits per heavy atom. The van der Waals surface area contributed by atoms with Gasteiger partial charge in [0, 0.05) is 17.6 Å². The van der Waals surface area contributed by atoms with Crippen LogP contribution in [0.15, 0.2) is 53.0 Å². The van der Waals surface area contributed by atoms with Crippen LogP contribution in [-0.4, -0.2) is 57.6 Å². The maximum absolute atomic E-state index is 13.7. The van der Waals surface area contributed by atoms with Crippen molar-refractivity contribution in [2.75, 3.05) is 30.8 Å². The number of para-hydroxylation sites is 1. The van der Waals surface area contributed by atoms with Crippen LogP contribution in [0.4, 0.5) is 5.69 Å². The number of amides is 2. The summed E-state index contributed by atoms with van der Waals surface area (Å²) < 4.78 is 32.2. The number of hydrogen-bond acceptors (Lipinski definition) is 5. The summed E-state index contributed by atoms with van der Waals surface area (Å²) in [5, 5.41) is 2.90. The number of hydrogen-bond donors (Lipinski definition) is 1. The number of nitrogens with one attached hydrogen (secondary N) is 1. The summed E-state index contributed by atoms with van der Waals surface area (Å²) in [6, 6.07) is 13.2. The summed E-state index contributed by atoms with van der Waals surface area (Å²) in [7, 11) is -2.24. The molecule has 0 radical (unpaired) electrons. The second-order valence-corrected chi connectivity index (χ2v) is 11.4. The number of halogens is 1. The lowest BCUT2D eigenvalue weighted by molar-refractivity contribution is -0.140. The maximum atomic E-state index is 13.7. The van der Waals surface area contributed by atoms with Gasteiger partial charge in [0.05, 0.1) is 19.1 Å². The van der Waals surface area contributed by atoms with E-state index in [0.717, 1.165) is 16.1 Å². The van der Waals surface area contributed by atoms with E-state index in [-0.39, 0.29) is 18.4 Å². The first-order chi connectivity index (χ1) is 16.5. The number of anilines is 1. The summed E-state index contributed by atoms with van der Waals surface area (Å²) in [4.78, 5) is 28.2. The number of benzene rings is 2. The van der Waals surface area contributed by atoms with E-state index in [1.165, 1.54) is 4.90 Å². The van der Waals surface area contributed by atoms with Crippen molar-refractivity contribution < 1.29 is 22.7 Å². The average molecular weight is 569 g/mol. The van der Waals surface area contributed by atoms with Crippen LogP contribution >= 0.6 is 15.9 Å². The number of rotatable bonds is 12. The number of sulfonamides is 1. The van der Waals surface area contributed by atoms with Crippen LogP contribution in [0.1, 0.15) is 32.8 Å². The van der Waals surface area contributed by atoms with Gasteiger partial charge in [-0.1, -0.05) is 45.0 Å². The Labute approximate surface area is 216 Å². The second-order valence-electron chi connectivity index (χ2n) is 8.66. The molecule has 0 spiro atoms. The van der Waals surface area contributed by atoms with Crippen molar-refractivity contribution in [2.24, 2.45) is 5.92 Å². The SMILES string of the molecule is CC[C@H](C(=O)NCC(C)C)N(Cc1cccc(OC)c1)C(=O)CN(c1ccccc1Br)S(C)(=O)=O. The molecule has 2 amide bonds. The van der Waals surface area contributed by atoms with Gasteiger partial charge in [-0.2, -0.15) is 0 Å². The van der Waals surface area contributed by atoms with E-state index < -0.39 is 28.5 Å². The lowest BCUT2D eigenvalue weighted by atomic mass is 10.1. The fourth-order valence-corrected chi connectivity index (χ4v) is 5.04. The Morgan fingerprint density at radius 1 is 1.11 bits per heavy atom. The van der Waals surface area contributed by atoms with Crippen LogP contribution in [-0.2, 0) is 26.2 Å². The van der Waals surface area contributed by atoms with Crippen molar-refractivity contribution in [3.05, 3.63) is 58.6 Å². The van der Waals surface area contributed by atoms with Crippen molar-refractivity contribution in [3.63, 3.8) is 0 Å². The topological polar surface area (TPSA) is 96.0 Å². The van der Waals surface area contributed by atoms with E-state index in [4.69, 9.17) is 4.74 Å². The lowest BCUT2D eigenvalue weighted by Gasteiger charge is -2.33. The first-order valence-corrected chi connectivity index (χ1v) is 14.0. The molecule has 35 heavy (non-hydrogen) atoms. The minimum atomic E-state index is -3.79. The Kier molecular flexibility index (Phi) is 10.6. The van der Waals surface area contributed by atoms with Gasteiger partial charge < -0.3 is 15.0 Å². The van der Waals surface area contributed by atoms with Gasteiger partial charge in [0.2, 0.25) is 21.8 Å². The molecule has 0 aromatic heterocycles. The highest BCUT2D eigenvalue weighted by atomic mass is 79.9. The van der Waals surface area contributed by atoms with Crippen LogP contribution < -0.4 is 14.4 Å². The van der Waals surface area contributed by atoms with E-state index in [2.05, 4.69) is 21.2 Å². The molecule has 0 saturated carbocycles. The van der Waals surface area contributed by atoms with Crippen molar-refractivity contribution in [2.45, 2.75) is 39.8 Å². The molecule has 0 saturated heterocycles. The van der Waals surface area contributed by atoms with E-state index in [9.17, 15) is 18.0 Å². The Morgan fingerprint density at radius 3 is 2.37 bits per heavy atom. The van der Waals surface area contributed by atoms with Crippen LogP contribution in [0, 0.1) is 5.92 Å². The number of carbonyl (C=O) groups is 2. The third-order valence-electron chi connectivity index (χ3n) is 5.36. The zero-order valence-electron chi connectivity index (χ0n) is 20.8. The molecule has 0 aliphatic heterocycles. The van der Waals surface area contributed by atoms with E-state index >= 15 is 0 Å². The summed E-state index contributed by atoms with van der Waals surface area (Å²) in [5.41, 5.74) is 1.11. The number of carbonyl (C=O) groups excluding carboxylic acids is 2. The van der Waals surface area contributed by atoms with Gasteiger partial charge in [0.25, 0.3) is 0 Å². The quantitative estimate of drug-likeness (QED) is 0.420. The predicted octanol–water partition coefficient (Wildman–Crippen LogP) is 3.80. The zero-order valence-corrected chi connectivity index (χ0v) is 23.2. The van der Waals surface area contributed by atoms with Crippen LogP contribution in [0.3, 0.4) is 0 Å². The normalized spacial score (nSPS) is 12.2. The highest BCUT2D eigenvalue weighted by Gasteiger charge is 2.32. The van der Waals surface area contributed by atoms with Gasteiger partial charge in [-0.3, -0.25) is 13.9 Å². The van der Waals surface area contributed by atoms with Gasteiger partial charge in [-0.05, 0) is 58.1 Å². The van der Waals surface area contributed by atoms with Gasteiger partial charge in [0.1, 0.15) is 18.3 Å². The maximum Gasteiger partial charge on any atom is 0.244 e. The van der Waals surface area contributed by atoms with Crippen molar-refractivity contribution >= 4 is 43.5 Å². The predicted molar refractivity (Wildman–Crippen MR) is 142 cm³/mol. The van der Waals surface area contributed by atoms with Crippen LogP contribution in [0.5, 0.6) is 5.75 Å². The minimum Gasteiger partial charge on any atom is -0.497 e. The lowest BCUT2D eigenvalue weighted by Crippen LogP contribution is -2.52. The first kappa shape index (κ1) is 28.6. The third-order valence-corrected chi connectivity index (χ3v) is 7.15. The molecular formula is C25H34BrN3O5S. The Balaban J connectivity index is 2.45. The summed E-state index contributed by atoms with van der Waals surface area (Å²) in [6.07, 6.45) is 1.42. The highest BCUT2D eigenvalue weighted by molar-refractivity contribution is 9.10. The molecule has 1 N–H and O–H groups in total.